The first-order chi connectivity index (χ1) is 12.6. The van der Waals surface area contributed by atoms with Crippen molar-refractivity contribution in [2.24, 2.45) is 11.8 Å². The summed E-state index contributed by atoms with van der Waals surface area (Å²) in [4.78, 5) is 28.6. The molecule has 0 aliphatic carbocycles. The number of hydrogen-bond acceptors (Lipinski definition) is 5. The fraction of sp³-hybridized carbons (Fsp3) is 0.105. The zero-order valence-electron chi connectivity index (χ0n) is 13.8. The van der Waals surface area contributed by atoms with Crippen LogP contribution in [0.5, 0.6) is 0 Å². The summed E-state index contributed by atoms with van der Waals surface area (Å²) in [6, 6.07) is 18.5. The van der Waals surface area contributed by atoms with Crippen LogP contribution in [0.25, 0.3) is 11.3 Å². The van der Waals surface area contributed by atoms with Gasteiger partial charge in [-0.2, -0.15) is 0 Å². The van der Waals surface area contributed by atoms with Gasteiger partial charge in [-0.3, -0.25) is 9.59 Å². The number of carbonyl (C=O) groups excluding carboxylic acids is 1. The predicted octanol–water partition coefficient (Wildman–Crippen LogP) is 2.96. The first-order valence-electron chi connectivity index (χ1n) is 7.92. The minimum Gasteiger partial charge on any atom is -0.481 e. The van der Waals surface area contributed by atoms with E-state index in [1.54, 1.807) is 29.6 Å². The van der Waals surface area contributed by atoms with Gasteiger partial charge in [0.05, 0.1) is 5.69 Å². The summed E-state index contributed by atoms with van der Waals surface area (Å²) < 4.78 is 0. The summed E-state index contributed by atoms with van der Waals surface area (Å²) >= 11 is 1.19. The normalized spacial score (nSPS) is 11.7. The quantitative estimate of drug-likeness (QED) is 0.302. The summed E-state index contributed by atoms with van der Waals surface area (Å²) in [5, 5.41) is 12.3. The molecule has 0 saturated heterocycles. The number of carbonyl (C=O) groups is 2. The van der Waals surface area contributed by atoms with Crippen LogP contribution in [0.15, 0.2) is 66.0 Å². The van der Waals surface area contributed by atoms with E-state index >= 15 is 0 Å². The molecule has 1 amide bonds. The fourth-order valence-electron chi connectivity index (χ4n) is 2.51. The van der Waals surface area contributed by atoms with Gasteiger partial charge in [0.1, 0.15) is 5.92 Å². The summed E-state index contributed by atoms with van der Waals surface area (Å²) in [6.45, 7) is 0. The molecule has 0 spiro atoms. The molecule has 2 aromatic carbocycles. The lowest BCUT2D eigenvalue weighted by atomic mass is 9.98. The van der Waals surface area contributed by atoms with E-state index in [2.05, 4.69) is 4.98 Å². The van der Waals surface area contributed by atoms with Crippen molar-refractivity contribution in [1.29, 1.82) is 0 Å². The third kappa shape index (κ3) is 3.96. The molecule has 0 radical (unpaired) electrons. The maximum Gasteiger partial charge on any atom is 0.316 e. The monoisotopic (exact) mass is 367 g/mol. The van der Waals surface area contributed by atoms with Crippen LogP contribution in [-0.4, -0.2) is 22.0 Å². The van der Waals surface area contributed by atoms with Crippen molar-refractivity contribution in [3.8, 4) is 11.3 Å². The Bertz CT molecular complexity index is 897. The van der Waals surface area contributed by atoms with Crippen LogP contribution < -0.4 is 10.9 Å². The molecule has 1 aromatic heterocycles. The summed E-state index contributed by atoms with van der Waals surface area (Å²) in [5.41, 5.74) is 2.34. The standard InChI is InChI=1S/C19H17N3O3S/c20-22(19-21-16(12-26-19)14-9-5-2-6-10-14)17(23)15(18(24)25)11-13-7-3-1-4-8-13/h1-10,12,15H,11,20H2,(H,24,25). The summed E-state index contributed by atoms with van der Waals surface area (Å²) in [5.74, 6) is 2.71. The van der Waals surface area contributed by atoms with Crippen LogP contribution >= 0.6 is 11.3 Å². The maximum atomic E-state index is 12.6. The van der Waals surface area contributed by atoms with Gasteiger partial charge in [0.2, 0.25) is 5.13 Å². The molecule has 0 saturated carbocycles. The Labute approximate surface area is 154 Å². The van der Waals surface area contributed by atoms with Crippen molar-refractivity contribution in [2.75, 3.05) is 5.01 Å². The highest BCUT2D eigenvalue weighted by Gasteiger charge is 2.31. The van der Waals surface area contributed by atoms with E-state index in [9.17, 15) is 14.7 Å². The van der Waals surface area contributed by atoms with Crippen molar-refractivity contribution in [3.63, 3.8) is 0 Å². The molecule has 132 valence electrons. The van der Waals surface area contributed by atoms with Gasteiger partial charge < -0.3 is 5.11 Å². The zero-order valence-corrected chi connectivity index (χ0v) is 14.6. The molecule has 0 bridgehead atoms. The summed E-state index contributed by atoms with van der Waals surface area (Å²) in [7, 11) is 0. The number of amides is 1. The Morgan fingerprint density at radius 3 is 2.31 bits per heavy atom. The van der Waals surface area contributed by atoms with Gasteiger partial charge >= 0.3 is 5.97 Å². The molecule has 0 fully saturated rings. The lowest BCUT2D eigenvalue weighted by Gasteiger charge is -2.18. The second-order valence-corrected chi connectivity index (χ2v) is 6.51. The number of aliphatic carboxylic acids is 1. The topological polar surface area (TPSA) is 96.5 Å². The van der Waals surface area contributed by atoms with Gasteiger partial charge in [0, 0.05) is 10.9 Å². The molecule has 7 heteroatoms. The number of hydrazine groups is 1. The van der Waals surface area contributed by atoms with Crippen LogP contribution in [0.2, 0.25) is 0 Å². The molecule has 6 nitrogen and oxygen atoms in total. The molecular weight excluding hydrogens is 350 g/mol. The number of nitrogens with two attached hydrogens (primary N) is 1. The van der Waals surface area contributed by atoms with Crippen molar-refractivity contribution in [3.05, 3.63) is 71.6 Å². The van der Waals surface area contributed by atoms with Crippen LogP contribution in [-0.2, 0) is 16.0 Å². The molecule has 0 aliphatic heterocycles. The van der Waals surface area contributed by atoms with Crippen LogP contribution in [0.3, 0.4) is 0 Å². The number of nitrogens with zero attached hydrogens (tertiary/aromatic N) is 2. The Morgan fingerprint density at radius 1 is 1.08 bits per heavy atom. The van der Waals surface area contributed by atoms with E-state index in [1.807, 2.05) is 36.4 Å². The molecule has 3 N–H and O–H groups in total. The third-order valence-electron chi connectivity index (χ3n) is 3.88. The second kappa shape index (κ2) is 7.90. The van der Waals surface area contributed by atoms with Crippen LogP contribution in [0, 0.1) is 5.92 Å². The molecule has 1 atom stereocenters. The minimum absolute atomic E-state index is 0.0691. The molecule has 1 unspecified atom stereocenters. The van der Waals surface area contributed by atoms with Crippen molar-refractivity contribution >= 4 is 28.3 Å². The average Bonchev–Trinajstić information content (AvgIpc) is 3.16. The average molecular weight is 367 g/mol. The fourth-order valence-corrected chi connectivity index (χ4v) is 3.27. The predicted molar refractivity (Wildman–Crippen MR) is 100 cm³/mol. The molecule has 3 aromatic rings. The van der Waals surface area contributed by atoms with E-state index in [1.165, 1.54) is 11.3 Å². The van der Waals surface area contributed by atoms with E-state index in [-0.39, 0.29) is 11.6 Å². The van der Waals surface area contributed by atoms with Crippen molar-refractivity contribution < 1.29 is 14.7 Å². The summed E-state index contributed by atoms with van der Waals surface area (Å²) in [6.07, 6.45) is 0.0691. The maximum absolute atomic E-state index is 12.6. The van der Waals surface area contributed by atoms with Gasteiger partial charge in [-0.05, 0) is 12.0 Å². The van der Waals surface area contributed by atoms with Crippen LogP contribution in [0.4, 0.5) is 5.13 Å². The zero-order chi connectivity index (χ0) is 18.5. The van der Waals surface area contributed by atoms with E-state index in [4.69, 9.17) is 5.84 Å². The highest BCUT2D eigenvalue weighted by atomic mass is 32.1. The highest BCUT2D eigenvalue weighted by Crippen LogP contribution is 2.27. The SMILES string of the molecule is NN(C(=O)C(Cc1ccccc1)C(=O)O)c1nc(-c2ccccc2)cs1. The number of carboxylic acid groups (broad SMARTS) is 1. The smallest absolute Gasteiger partial charge is 0.316 e. The minimum atomic E-state index is -1.27. The van der Waals surface area contributed by atoms with Gasteiger partial charge in [-0.1, -0.05) is 60.7 Å². The number of thiazole rings is 1. The highest BCUT2D eigenvalue weighted by molar-refractivity contribution is 7.14. The molecule has 1 heterocycles. The number of benzene rings is 2. The van der Waals surface area contributed by atoms with Crippen LogP contribution in [0.1, 0.15) is 5.56 Å². The van der Waals surface area contributed by atoms with Gasteiger partial charge in [0.25, 0.3) is 5.91 Å². The second-order valence-electron chi connectivity index (χ2n) is 5.67. The van der Waals surface area contributed by atoms with E-state index in [0.717, 1.165) is 16.1 Å². The van der Waals surface area contributed by atoms with Crippen molar-refractivity contribution in [1.82, 2.24) is 4.98 Å². The van der Waals surface area contributed by atoms with Crippen molar-refractivity contribution in [2.45, 2.75) is 6.42 Å². The number of carboxylic acids is 1. The Hall–Kier alpha value is -3.03. The Balaban J connectivity index is 1.79. The Kier molecular flexibility index (Phi) is 5.40. The molecule has 0 aliphatic rings. The van der Waals surface area contributed by atoms with Gasteiger partial charge in [-0.15, -0.1) is 11.3 Å². The van der Waals surface area contributed by atoms with E-state index in [0.29, 0.717) is 5.69 Å². The lowest BCUT2D eigenvalue weighted by molar-refractivity contribution is -0.146. The van der Waals surface area contributed by atoms with Gasteiger partial charge in [0.15, 0.2) is 0 Å². The number of anilines is 1. The molecular formula is C19H17N3O3S. The lowest BCUT2D eigenvalue weighted by Crippen LogP contribution is -2.45. The third-order valence-corrected chi connectivity index (χ3v) is 4.72. The molecule has 3 rings (SSSR count). The number of hydrogen-bond donors (Lipinski definition) is 2. The Morgan fingerprint density at radius 2 is 1.69 bits per heavy atom. The largest absolute Gasteiger partial charge is 0.481 e. The first kappa shape index (κ1) is 17.8. The van der Waals surface area contributed by atoms with Gasteiger partial charge in [-0.25, -0.2) is 15.8 Å². The first-order valence-corrected chi connectivity index (χ1v) is 8.80. The number of aromatic nitrogens is 1. The van der Waals surface area contributed by atoms with E-state index < -0.39 is 17.8 Å². The molecule has 26 heavy (non-hydrogen) atoms. The number of rotatable bonds is 6.